The number of fused-ring (bicyclic) bond motifs is 8. The number of aliphatic hydroxyl groups excluding tert-OH is 3. The fourth-order valence-corrected chi connectivity index (χ4v) is 19.3. The summed E-state index contributed by atoms with van der Waals surface area (Å²) >= 11 is 0. The molecule has 66 heavy (non-hydrogen) atoms. The molecule has 1 aromatic rings. The number of allylic oxidation sites excluding steroid dienone is 2. The van der Waals surface area contributed by atoms with E-state index in [1.54, 1.807) is 6.08 Å². The molecule has 7 saturated carbocycles. The minimum atomic E-state index is -1.87. The summed E-state index contributed by atoms with van der Waals surface area (Å²) in [6, 6.07) is 7.66. The van der Waals surface area contributed by atoms with Crippen molar-refractivity contribution in [1.29, 1.82) is 0 Å². The van der Waals surface area contributed by atoms with Crippen LogP contribution in [0.1, 0.15) is 140 Å². The number of hydrogen-bond donors (Lipinski definition) is 7. The minimum absolute atomic E-state index is 0.0827. The molecule has 1 aliphatic heterocycles. The van der Waals surface area contributed by atoms with Gasteiger partial charge in [-0.3, -0.25) is 5.32 Å². The third kappa shape index (κ3) is 5.99. The van der Waals surface area contributed by atoms with Crippen molar-refractivity contribution in [1.82, 2.24) is 5.32 Å². The smallest absolute Gasteiger partial charge is 0.331 e. The van der Waals surface area contributed by atoms with Crippen LogP contribution in [0.3, 0.4) is 0 Å². The Morgan fingerprint density at radius 3 is 2.52 bits per heavy atom. The molecule has 10 aliphatic rings. The minimum Gasteiger partial charge on any atom is -0.454 e. The molecule has 0 saturated heterocycles. The van der Waals surface area contributed by atoms with Crippen LogP contribution in [0.25, 0.3) is 0 Å². The van der Waals surface area contributed by atoms with Crippen LogP contribution in [0.15, 0.2) is 48.1 Å². The van der Waals surface area contributed by atoms with E-state index in [0.717, 1.165) is 49.5 Å². The molecule has 1 aromatic carbocycles. The van der Waals surface area contributed by atoms with Gasteiger partial charge in [-0.1, -0.05) is 94.1 Å². The predicted octanol–water partition coefficient (Wildman–Crippen LogP) is 6.32. The normalized spacial score (nSPS) is 48.8. The number of carbonyl (C=O) groups excluding carboxylic acids is 2. The Morgan fingerprint density at radius 1 is 0.939 bits per heavy atom. The van der Waals surface area contributed by atoms with E-state index in [2.05, 4.69) is 42.3 Å². The first-order valence-electron chi connectivity index (χ1n) is 26.3. The number of aliphatic hydroxyl groups is 6. The number of carbonyl (C=O) groups is 2. The molecule has 18 atom stereocenters. The highest BCUT2D eigenvalue weighted by atomic mass is 16.5. The Hall–Kier alpha value is -2.88. The lowest BCUT2D eigenvalue weighted by Gasteiger charge is -2.73. The average Bonchev–Trinajstić information content (AvgIpc) is 4.02. The molecule has 7 fully saturated rings. The molecule has 0 radical (unpaired) electrons. The summed E-state index contributed by atoms with van der Waals surface area (Å²) in [5, 5.41) is 82.1. The summed E-state index contributed by atoms with van der Waals surface area (Å²) in [4.78, 5) is 28.5. The molecule has 358 valence electrons. The quantitative estimate of drug-likeness (QED) is 0.0371. The Bertz CT molecular complexity index is 2190. The second-order valence-corrected chi connectivity index (χ2v) is 23.6. The summed E-state index contributed by atoms with van der Waals surface area (Å²) in [5.41, 5.74) is -6.56. The first kappa shape index (κ1) is 45.6. The van der Waals surface area contributed by atoms with E-state index in [0.29, 0.717) is 68.8 Å². The SMILES string of the molecule is CCCCCC1CC2(C=O)C3CCC45CCC#Cc6ccccc6CC(NCO)C6CC(CC4(O)C3(O)CC3CC4C(C=CCC4C4CCCC4)CC(C1O)C32O)C5(CO)C1=CC(=O)OC16. The van der Waals surface area contributed by atoms with Gasteiger partial charge < -0.3 is 40.2 Å². The molecule has 18 unspecified atom stereocenters. The number of ether oxygens (including phenoxy) is 1. The van der Waals surface area contributed by atoms with Crippen molar-refractivity contribution >= 4 is 12.3 Å². The molecular formula is C56H75NO9. The molecule has 11 rings (SSSR count). The van der Waals surface area contributed by atoms with Crippen LogP contribution in [0.2, 0.25) is 0 Å². The third-order valence-electron chi connectivity index (χ3n) is 21.8. The predicted molar refractivity (Wildman–Crippen MR) is 248 cm³/mol. The number of aldehydes is 1. The van der Waals surface area contributed by atoms with Crippen molar-refractivity contribution in [3.63, 3.8) is 0 Å². The van der Waals surface area contributed by atoms with Gasteiger partial charge in [-0.15, -0.1) is 0 Å². The highest BCUT2D eigenvalue weighted by molar-refractivity contribution is 5.87. The van der Waals surface area contributed by atoms with Gasteiger partial charge in [0.2, 0.25) is 0 Å². The number of hydrogen-bond acceptors (Lipinski definition) is 10. The Balaban J connectivity index is 1.10. The zero-order valence-corrected chi connectivity index (χ0v) is 39.1. The summed E-state index contributed by atoms with van der Waals surface area (Å²) in [5.74, 6) is 4.82. The molecule has 10 nitrogen and oxygen atoms in total. The third-order valence-corrected chi connectivity index (χ3v) is 21.8. The first-order chi connectivity index (χ1) is 31.9. The van der Waals surface area contributed by atoms with Crippen molar-refractivity contribution in [3.8, 4) is 11.8 Å². The van der Waals surface area contributed by atoms with Gasteiger partial charge >= 0.3 is 5.97 Å². The van der Waals surface area contributed by atoms with Crippen LogP contribution in [0.4, 0.5) is 0 Å². The van der Waals surface area contributed by atoms with Gasteiger partial charge in [-0.05, 0) is 136 Å². The van der Waals surface area contributed by atoms with Crippen molar-refractivity contribution < 1.29 is 45.0 Å². The molecular weight excluding hydrogens is 831 g/mol. The number of nitrogens with one attached hydrogen (secondary N) is 1. The standard InChI is InChI=1S/C56H75NO9/c1-2-3-4-17-38-28-51(31-58)47-20-22-52-21-10-9-13-34-12-5-8-16-36(34)24-46(57-33-60)43-25-39(53(52,32-59)45-27-48(61)66-50(43)45)30-55(52,64)54(47,63)29-40-26-42-37(23-44(49(38)62)56(40,51)65)18-11-19-41(42)35-14-6-7-15-35/h5,8,11-12,16,18,27,31,35,37-44,46-47,49-50,57,59-60,62-65H,2-4,6-7,10,14-15,17,19-26,28-30,32-33H2,1H3. The molecule has 1 heterocycles. The number of benzene rings is 1. The van der Waals surface area contributed by atoms with E-state index in [9.17, 15) is 40.2 Å². The van der Waals surface area contributed by atoms with E-state index in [4.69, 9.17) is 4.74 Å². The number of unbranched alkanes of at least 4 members (excludes halogenated alkanes) is 2. The van der Waals surface area contributed by atoms with Crippen LogP contribution in [-0.2, 0) is 20.7 Å². The van der Waals surface area contributed by atoms with Gasteiger partial charge in [0.15, 0.2) is 0 Å². The van der Waals surface area contributed by atoms with Crippen LogP contribution < -0.4 is 5.32 Å². The first-order valence-corrected chi connectivity index (χ1v) is 26.3. The van der Waals surface area contributed by atoms with Crippen molar-refractivity contribution in [2.75, 3.05) is 13.3 Å². The molecule has 7 N–H and O–H groups in total. The fraction of sp³-hybridized carbons (Fsp3) is 0.750. The molecule has 1 spiro atoms. The summed E-state index contributed by atoms with van der Waals surface area (Å²) in [6.07, 6.45) is 19.2. The van der Waals surface area contributed by atoms with Crippen LogP contribution in [0, 0.1) is 87.3 Å². The molecule has 0 aromatic heterocycles. The summed E-state index contributed by atoms with van der Waals surface area (Å²) in [6.45, 7) is 1.50. The lowest BCUT2D eigenvalue weighted by atomic mass is 9.34. The summed E-state index contributed by atoms with van der Waals surface area (Å²) < 4.78 is 6.29. The van der Waals surface area contributed by atoms with Crippen molar-refractivity contribution in [2.24, 2.45) is 75.4 Å². The lowest BCUT2D eigenvalue weighted by Crippen LogP contribution is -2.82. The van der Waals surface area contributed by atoms with Gasteiger partial charge in [0, 0.05) is 52.7 Å². The highest BCUT2D eigenvalue weighted by Gasteiger charge is 2.86. The van der Waals surface area contributed by atoms with Crippen LogP contribution >= 0.6 is 0 Å². The Labute approximate surface area is 391 Å². The maximum atomic E-state index is 14.8. The largest absolute Gasteiger partial charge is 0.454 e. The van der Waals surface area contributed by atoms with E-state index >= 15 is 0 Å². The van der Waals surface area contributed by atoms with E-state index in [1.807, 2.05) is 18.2 Å². The van der Waals surface area contributed by atoms with E-state index in [1.165, 1.54) is 25.7 Å². The number of rotatable bonds is 9. The topological polar surface area (TPSA) is 177 Å². The molecule has 10 heteroatoms. The average molecular weight is 906 g/mol. The number of esters is 1. The monoisotopic (exact) mass is 906 g/mol. The zero-order valence-electron chi connectivity index (χ0n) is 39.1. The fourth-order valence-electron chi connectivity index (χ4n) is 19.3. The van der Waals surface area contributed by atoms with E-state index < -0.39 is 74.9 Å². The van der Waals surface area contributed by atoms with Gasteiger partial charge in [0.1, 0.15) is 18.0 Å². The second kappa shape index (κ2) is 16.6. The van der Waals surface area contributed by atoms with Crippen LogP contribution in [0.5, 0.6) is 0 Å². The lowest BCUT2D eigenvalue weighted by molar-refractivity contribution is -0.352. The van der Waals surface area contributed by atoms with Gasteiger partial charge in [-0.25, -0.2) is 4.79 Å². The molecule has 0 amide bonds. The van der Waals surface area contributed by atoms with Crippen LogP contribution in [-0.4, -0.2) is 91.3 Å². The molecule has 4 bridgehead atoms. The van der Waals surface area contributed by atoms with Crippen molar-refractivity contribution in [2.45, 2.75) is 170 Å². The maximum Gasteiger partial charge on any atom is 0.331 e. The second-order valence-electron chi connectivity index (χ2n) is 23.6. The zero-order chi connectivity index (χ0) is 45.9. The highest BCUT2D eigenvalue weighted by Crippen LogP contribution is 2.81. The van der Waals surface area contributed by atoms with E-state index in [-0.39, 0.29) is 62.3 Å². The van der Waals surface area contributed by atoms with Crippen molar-refractivity contribution in [3.05, 3.63) is 59.2 Å². The summed E-state index contributed by atoms with van der Waals surface area (Å²) in [7, 11) is 0. The maximum absolute atomic E-state index is 14.8. The van der Waals surface area contributed by atoms with Gasteiger partial charge in [-0.2, -0.15) is 0 Å². The van der Waals surface area contributed by atoms with Gasteiger partial charge in [0.25, 0.3) is 0 Å². The Kier molecular flexibility index (Phi) is 11.5. The van der Waals surface area contributed by atoms with Gasteiger partial charge in [0.05, 0.1) is 36.1 Å². The molecule has 9 aliphatic carbocycles. The Morgan fingerprint density at radius 2 is 1.74 bits per heavy atom.